The molecule has 1 atom stereocenters. The molecule has 47 heavy (non-hydrogen) atoms. The van der Waals surface area contributed by atoms with E-state index in [0.717, 1.165) is 17.0 Å². The number of hydrogen-bond donors (Lipinski definition) is 3. The SMILES string of the molecule is CC.CCC(Nc1cc(F)c(C(=O)NCC(=O)O)c(F)c1)C(F)(F)F.Cc1ccc(C(F)(F)F)c(-c2ccc(C)c3cccnc23)n1. The Morgan fingerprint density at radius 3 is 2.09 bits per heavy atom. The molecule has 0 bridgehead atoms. The van der Waals surface area contributed by atoms with Crippen LogP contribution in [0.15, 0.2) is 54.7 Å². The molecule has 1 unspecified atom stereocenters. The minimum Gasteiger partial charge on any atom is -0.480 e. The maximum atomic E-state index is 13.8. The Hall–Kier alpha value is -4.82. The van der Waals surface area contributed by atoms with Crippen LogP contribution in [-0.2, 0) is 11.0 Å². The number of anilines is 1. The molecule has 3 N–H and O–H groups in total. The van der Waals surface area contributed by atoms with Gasteiger partial charge >= 0.3 is 18.3 Å². The summed E-state index contributed by atoms with van der Waals surface area (Å²) in [6.45, 7) is 7.96. The highest BCUT2D eigenvalue weighted by Gasteiger charge is 2.38. The Balaban J connectivity index is 0.000000310. The van der Waals surface area contributed by atoms with Gasteiger partial charge in [0.2, 0.25) is 0 Å². The second kappa shape index (κ2) is 16.1. The first-order valence-electron chi connectivity index (χ1n) is 14.2. The maximum Gasteiger partial charge on any atom is 0.418 e. The highest BCUT2D eigenvalue weighted by atomic mass is 19.4. The van der Waals surface area contributed by atoms with Gasteiger partial charge in [0.05, 0.1) is 16.8 Å². The predicted molar refractivity (Wildman–Crippen MR) is 161 cm³/mol. The molecule has 7 nitrogen and oxygen atoms in total. The number of carbonyl (C=O) groups excluding carboxylic acids is 1. The number of carboxylic acids is 1. The molecule has 4 rings (SSSR count). The van der Waals surface area contributed by atoms with E-state index in [2.05, 4.69) is 9.97 Å². The van der Waals surface area contributed by atoms with Gasteiger partial charge in [0.15, 0.2) is 0 Å². The first-order valence-corrected chi connectivity index (χ1v) is 14.2. The summed E-state index contributed by atoms with van der Waals surface area (Å²) >= 11 is 0. The summed E-state index contributed by atoms with van der Waals surface area (Å²) in [4.78, 5) is 30.2. The number of carbonyl (C=O) groups is 2. The zero-order valence-corrected chi connectivity index (χ0v) is 25.9. The van der Waals surface area contributed by atoms with Gasteiger partial charge in [-0.2, -0.15) is 26.3 Å². The topological polar surface area (TPSA) is 104 Å². The molecule has 254 valence electrons. The third kappa shape index (κ3) is 10.1. The van der Waals surface area contributed by atoms with Gasteiger partial charge in [-0.1, -0.05) is 39.0 Å². The first kappa shape index (κ1) is 38.4. The number of nitrogens with zero attached hydrogens (tertiary/aromatic N) is 2. The van der Waals surface area contributed by atoms with E-state index in [4.69, 9.17) is 5.11 Å². The van der Waals surface area contributed by atoms with Gasteiger partial charge in [0, 0.05) is 28.5 Å². The van der Waals surface area contributed by atoms with Crippen LogP contribution in [-0.4, -0.2) is 45.7 Å². The number of benzene rings is 2. The van der Waals surface area contributed by atoms with Gasteiger partial charge in [-0.3, -0.25) is 19.6 Å². The zero-order valence-electron chi connectivity index (χ0n) is 25.9. The van der Waals surface area contributed by atoms with Crippen LogP contribution >= 0.6 is 0 Å². The van der Waals surface area contributed by atoms with E-state index in [9.17, 15) is 44.7 Å². The van der Waals surface area contributed by atoms with E-state index in [-0.39, 0.29) is 12.1 Å². The fraction of sp³-hybridized carbons (Fsp3) is 0.312. The lowest BCUT2D eigenvalue weighted by Crippen LogP contribution is -2.35. The largest absolute Gasteiger partial charge is 0.480 e. The van der Waals surface area contributed by atoms with Gasteiger partial charge in [-0.15, -0.1) is 0 Å². The summed E-state index contributed by atoms with van der Waals surface area (Å²) in [5.41, 5.74) is 0.0602. The Bertz CT molecular complexity index is 1690. The van der Waals surface area contributed by atoms with Gasteiger partial charge < -0.3 is 15.7 Å². The molecule has 0 aliphatic rings. The lowest BCUT2D eigenvalue weighted by Gasteiger charge is -2.21. The Morgan fingerprint density at radius 2 is 1.55 bits per heavy atom. The standard InChI is InChI=1S/C17H13F3N2.C13H13F5N2O3.C2H6/c1-10-5-7-13(15-12(10)4-3-9-21-15)16-14(17(18,19)20)8-6-11(2)22-16;1-2-9(13(16,17)18)20-6-3-7(14)11(8(15)4-6)12(23)19-5-10(21)22;1-2/h3-9H,1-2H3;3-4,9,20H,2,5H2,1H3,(H,19,23)(H,21,22);1-2H3. The van der Waals surface area contributed by atoms with Gasteiger partial charge in [-0.25, -0.2) is 8.78 Å². The molecular formula is C32H32F8N4O3. The monoisotopic (exact) mass is 672 g/mol. The number of aromatic nitrogens is 2. The molecule has 0 fully saturated rings. The molecule has 2 aromatic carbocycles. The van der Waals surface area contributed by atoms with Crippen LogP contribution < -0.4 is 10.6 Å². The summed E-state index contributed by atoms with van der Waals surface area (Å²) in [5, 5.41) is 12.9. The molecule has 0 aliphatic carbocycles. The number of halogens is 8. The third-order valence-electron chi connectivity index (χ3n) is 6.40. The minimum absolute atomic E-state index is 0.0730. The highest BCUT2D eigenvalue weighted by Crippen LogP contribution is 2.38. The summed E-state index contributed by atoms with van der Waals surface area (Å²) in [5.74, 6) is -5.56. The van der Waals surface area contributed by atoms with E-state index in [1.807, 2.05) is 32.2 Å². The molecule has 1 amide bonds. The summed E-state index contributed by atoms with van der Waals surface area (Å²) in [6, 6.07) is 8.58. The normalized spacial score (nSPS) is 11.9. The van der Waals surface area contributed by atoms with E-state index < -0.39 is 65.3 Å². The van der Waals surface area contributed by atoms with Gasteiger partial charge in [-0.05, 0) is 56.2 Å². The number of alkyl halides is 6. The van der Waals surface area contributed by atoms with Crippen molar-refractivity contribution < 1.29 is 49.8 Å². The molecule has 0 saturated heterocycles. The molecule has 2 aromatic heterocycles. The summed E-state index contributed by atoms with van der Waals surface area (Å²) in [6.07, 6.45) is -7.86. The minimum atomic E-state index is -4.61. The first-order chi connectivity index (χ1) is 21.9. The van der Waals surface area contributed by atoms with E-state index in [1.165, 1.54) is 13.0 Å². The number of pyridine rings is 2. The quantitative estimate of drug-likeness (QED) is 0.170. The highest BCUT2D eigenvalue weighted by molar-refractivity contribution is 5.97. The van der Waals surface area contributed by atoms with Crippen molar-refractivity contribution in [2.24, 2.45) is 0 Å². The Morgan fingerprint density at radius 1 is 0.936 bits per heavy atom. The molecule has 0 saturated carbocycles. The lowest BCUT2D eigenvalue weighted by atomic mass is 9.99. The molecule has 15 heteroatoms. The van der Waals surface area contributed by atoms with Crippen LogP contribution in [0.2, 0.25) is 0 Å². The summed E-state index contributed by atoms with van der Waals surface area (Å²) in [7, 11) is 0. The van der Waals surface area contributed by atoms with Crippen molar-refractivity contribution in [2.45, 2.75) is 59.4 Å². The van der Waals surface area contributed by atoms with Crippen molar-refractivity contribution in [1.29, 1.82) is 0 Å². The Labute approximate surface area is 265 Å². The van der Waals surface area contributed by atoms with Gasteiger partial charge in [0.1, 0.15) is 29.8 Å². The number of nitrogens with one attached hydrogen (secondary N) is 2. The number of carboxylic acid groups (broad SMARTS) is 1. The number of fused-ring (bicyclic) bond motifs is 1. The smallest absolute Gasteiger partial charge is 0.418 e. The number of hydrogen-bond acceptors (Lipinski definition) is 5. The van der Waals surface area contributed by atoms with Crippen LogP contribution in [0, 0.1) is 25.5 Å². The zero-order chi connectivity index (χ0) is 35.7. The van der Waals surface area contributed by atoms with E-state index in [1.54, 1.807) is 36.6 Å². The second-order valence-corrected chi connectivity index (χ2v) is 9.71. The average Bonchev–Trinajstić information content (AvgIpc) is 2.99. The average molecular weight is 673 g/mol. The molecule has 2 heterocycles. The van der Waals surface area contributed by atoms with Crippen molar-refractivity contribution in [3.05, 3.63) is 88.7 Å². The molecule has 4 aromatic rings. The molecule has 0 aliphatic heterocycles. The van der Waals surface area contributed by atoms with Crippen LogP contribution in [0.3, 0.4) is 0 Å². The van der Waals surface area contributed by atoms with Crippen LogP contribution in [0.4, 0.5) is 40.8 Å². The number of rotatable bonds is 7. The third-order valence-corrected chi connectivity index (χ3v) is 6.40. The van der Waals surface area contributed by atoms with E-state index in [0.29, 0.717) is 28.9 Å². The van der Waals surface area contributed by atoms with Crippen LogP contribution in [0.1, 0.15) is 54.4 Å². The predicted octanol–water partition coefficient (Wildman–Crippen LogP) is 8.49. The van der Waals surface area contributed by atoms with Crippen molar-refractivity contribution in [3.63, 3.8) is 0 Å². The lowest BCUT2D eigenvalue weighted by molar-refractivity contribution is -0.143. The van der Waals surface area contributed by atoms with Gasteiger partial charge in [0.25, 0.3) is 5.91 Å². The fourth-order valence-electron chi connectivity index (χ4n) is 4.23. The molecular weight excluding hydrogens is 640 g/mol. The van der Waals surface area contributed by atoms with Crippen molar-refractivity contribution in [2.75, 3.05) is 11.9 Å². The van der Waals surface area contributed by atoms with Crippen molar-refractivity contribution in [1.82, 2.24) is 15.3 Å². The van der Waals surface area contributed by atoms with Crippen molar-refractivity contribution >= 4 is 28.5 Å². The number of amides is 1. The molecule has 0 radical (unpaired) electrons. The fourth-order valence-corrected chi connectivity index (χ4v) is 4.23. The number of aliphatic carboxylic acids is 1. The number of aryl methyl sites for hydroxylation is 2. The van der Waals surface area contributed by atoms with Crippen LogP contribution in [0.5, 0.6) is 0 Å². The van der Waals surface area contributed by atoms with Crippen LogP contribution in [0.25, 0.3) is 22.2 Å². The second-order valence-electron chi connectivity index (χ2n) is 9.71. The molecule has 0 spiro atoms. The Kier molecular flexibility index (Phi) is 13.2. The maximum absolute atomic E-state index is 13.8. The summed E-state index contributed by atoms with van der Waals surface area (Å²) < 4.78 is 105. The van der Waals surface area contributed by atoms with Crippen molar-refractivity contribution in [3.8, 4) is 11.3 Å². The van der Waals surface area contributed by atoms with E-state index >= 15 is 0 Å².